The summed E-state index contributed by atoms with van der Waals surface area (Å²) in [6, 6.07) is 7.18. The van der Waals surface area contributed by atoms with Crippen molar-refractivity contribution < 1.29 is 17.9 Å². The van der Waals surface area contributed by atoms with Crippen molar-refractivity contribution in [3.8, 4) is 23.1 Å². The zero-order chi connectivity index (χ0) is 18.7. The summed E-state index contributed by atoms with van der Waals surface area (Å²) in [4.78, 5) is 11.0. The van der Waals surface area contributed by atoms with E-state index in [9.17, 15) is 18.4 Å². The number of pyridine rings is 1. The number of alkyl halides is 3. The van der Waals surface area contributed by atoms with E-state index in [1.807, 2.05) is 6.07 Å². The third-order valence-electron chi connectivity index (χ3n) is 3.70. The molecule has 3 aromatic rings. The second-order valence-corrected chi connectivity index (χ2v) is 5.43. The molecule has 1 aromatic carbocycles. The van der Waals surface area contributed by atoms with Crippen LogP contribution in [0, 0.1) is 11.3 Å². The van der Waals surface area contributed by atoms with Crippen LogP contribution in [0.4, 0.5) is 13.2 Å². The standard InChI is InChI=1S/C17H14F3N5O/c1-22-4-5-26-15-3-2-10(6-11(15)17(18,19)20)12-7-13-16(24-9-23-13)14(8-21)25-12/h2-3,6-7,9,22H,4-5H2,1H3,(H,23,24). The van der Waals surface area contributed by atoms with E-state index in [4.69, 9.17) is 4.74 Å². The number of ether oxygens (including phenoxy) is 1. The maximum absolute atomic E-state index is 13.4. The van der Waals surface area contributed by atoms with Gasteiger partial charge in [-0.3, -0.25) is 0 Å². The van der Waals surface area contributed by atoms with Gasteiger partial charge in [0.25, 0.3) is 0 Å². The molecule has 26 heavy (non-hydrogen) atoms. The number of imidazole rings is 1. The van der Waals surface area contributed by atoms with Crippen molar-refractivity contribution in [3.63, 3.8) is 0 Å². The van der Waals surface area contributed by atoms with Crippen molar-refractivity contribution in [1.29, 1.82) is 5.26 Å². The smallest absolute Gasteiger partial charge is 0.419 e. The molecule has 0 spiro atoms. The lowest BCUT2D eigenvalue weighted by molar-refractivity contribution is -0.138. The minimum Gasteiger partial charge on any atom is -0.492 e. The summed E-state index contributed by atoms with van der Waals surface area (Å²) >= 11 is 0. The van der Waals surface area contributed by atoms with E-state index in [0.29, 0.717) is 17.6 Å². The van der Waals surface area contributed by atoms with E-state index in [1.54, 1.807) is 13.1 Å². The molecule has 0 saturated carbocycles. The average Bonchev–Trinajstić information content (AvgIpc) is 3.09. The number of nitriles is 1. The van der Waals surface area contributed by atoms with Crippen LogP contribution in [0.15, 0.2) is 30.6 Å². The van der Waals surface area contributed by atoms with E-state index in [1.165, 1.54) is 18.5 Å². The molecular weight excluding hydrogens is 347 g/mol. The first-order chi connectivity index (χ1) is 12.4. The van der Waals surface area contributed by atoms with Crippen molar-refractivity contribution in [2.75, 3.05) is 20.2 Å². The summed E-state index contributed by atoms with van der Waals surface area (Å²) in [5, 5.41) is 12.0. The highest BCUT2D eigenvalue weighted by molar-refractivity contribution is 5.83. The number of nitrogens with zero attached hydrogens (tertiary/aromatic N) is 3. The molecule has 0 bridgehead atoms. The van der Waals surface area contributed by atoms with Gasteiger partial charge in [-0.05, 0) is 31.3 Å². The number of nitrogens with one attached hydrogen (secondary N) is 2. The molecule has 0 amide bonds. The van der Waals surface area contributed by atoms with E-state index >= 15 is 0 Å². The molecule has 6 nitrogen and oxygen atoms in total. The second-order valence-electron chi connectivity index (χ2n) is 5.43. The number of halogens is 3. The maximum atomic E-state index is 13.4. The Bertz CT molecular complexity index is 975. The topological polar surface area (TPSA) is 86.6 Å². The van der Waals surface area contributed by atoms with Gasteiger partial charge in [0.1, 0.15) is 23.9 Å². The molecule has 134 valence electrons. The lowest BCUT2D eigenvalue weighted by Crippen LogP contribution is -2.17. The van der Waals surface area contributed by atoms with Crippen LogP contribution in [-0.2, 0) is 6.18 Å². The third-order valence-corrected chi connectivity index (χ3v) is 3.70. The summed E-state index contributed by atoms with van der Waals surface area (Å²) in [7, 11) is 1.68. The predicted octanol–water partition coefficient (Wildman–Crippen LogP) is 3.11. The fraction of sp³-hybridized carbons (Fsp3) is 0.235. The molecule has 0 aliphatic carbocycles. The Morgan fingerprint density at radius 1 is 1.31 bits per heavy atom. The number of hydrogen-bond acceptors (Lipinski definition) is 5. The number of likely N-dealkylation sites (N-methyl/N-ethyl adjacent to an activating group) is 1. The predicted molar refractivity (Wildman–Crippen MR) is 88.5 cm³/mol. The largest absolute Gasteiger partial charge is 0.492 e. The monoisotopic (exact) mass is 361 g/mol. The molecule has 0 unspecified atom stereocenters. The highest BCUT2D eigenvalue weighted by Gasteiger charge is 2.35. The van der Waals surface area contributed by atoms with Crippen molar-refractivity contribution >= 4 is 11.0 Å². The summed E-state index contributed by atoms with van der Waals surface area (Å²) in [6.07, 6.45) is -3.18. The molecule has 0 aliphatic heterocycles. The van der Waals surface area contributed by atoms with Gasteiger partial charge in [-0.25, -0.2) is 9.97 Å². The van der Waals surface area contributed by atoms with Gasteiger partial charge >= 0.3 is 6.18 Å². The molecule has 0 aliphatic rings. The molecule has 0 saturated heterocycles. The number of aromatic nitrogens is 3. The van der Waals surface area contributed by atoms with Crippen molar-refractivity contribution in [2.45, 2.75) is 6.18 Å². The van der Waals surface area contributed by atoms with Crippen LogP contribution in [-0.4, -0.2) is 35.2 Å². The molecule has 0 radical (unpaired) electrons. The molecular formula is C17H14F3N5O. The zero-order valence-electron chi connectivity index (χ0n) is 13.7. The summed E-state index contributed by atoms with van der Waals surface area (Å²) < 4.78 is 45.5. The van der Waals surface area contributed by atoms with Gasteiger partial charge in [-0.2, -0.15) is 18.4 Å². The fourth-order valence-corrected chi connectivity index (χ4v) is 2.47. The van der Waals surface area contributed by atoms with Gasteiger partial charge in [0, 0.05) is 12.1 Å². The maximum Gasteiger partial charge on any atom is 0.419 e. The van der Waals surface area contributed by atoms with Gasteiger partial charge in [-0.15, -0.1) is 0 Å². The number of hydrogen-bond donors (Lipinski definition) is 2. The third kappa shape index (κ3) is 3.45. The first-order valence-corrected chi connectivity index (χ1v) is 7.67. The van der Waals surface area contributed by atoms with Gasteiger partial charge in [0.15, 0.2) is 5.69 Å². The molecule has 0 atom stereocenters. The number of aromatic amines is 1. The van der Waals surface area contributed by atoms with Gasteiger partial charge in [-0.1, -0.05) is 0 Å². The van der Waals surface area contributed by atoms with Crippen LogP contribution >= 0.6 is 0 Å². The highest BCUT2D eigenvalue weighted by Crippen LogP contribution is 2.38. The number of H-pyrrole nitrogens is 1. The van der Waals surface area contributed by atoms with Crippen molar-refractivity contribution in [3.05, 3.63) is 41.9 Å². The SMILES string of the molecule is CNCCOc1ccc(-c2cc3[nH]cnc3c(C#N)n2)cc1C(F)(F)F. The van der Waals surface area contributed by atoms with Crippen LogP contribution in [0.1, 0.15) is 11.3 Å². The molecule has 2 heterocycles. The Morgan fingerprint density at radius 3 is 2.81 bits per heavy atom. The van der Waals surface area contributed by atoms with Gasteiger partial charge < -0.3 is 15.0 Å². The van der Waals surface area contributed by atoms with Crippen molar-refractivity contribution in [2.24, 2.45) is 0 Å². The molecule has 0 fully saturated rings. The van der Waals surface area contributed by atoms with Crippen LogP contribution in [0.2, 0.25) is 0 Å². The minimum absolute atomic E-state index is 0.0432. The Kier molecular flexibility index (Phi) is 4.77. The van der Waals surface area contributed by atoms with E-state index in [2.05, 4.69) is 20.3 Å². The lowest BCUT2D eigenvalue weighted by Gasteiger charge is -2.15. The first-order valence-electron chi connectivity index (χ1n) is 7.67. The van der Waals surface area contributed by atoms with Crippen LogP contribution in [0.25, 0.3) is 22.3 Å². The van der Waals surface area contributed by atoms with Gasteiger partial charge in [0.05, 0.1) is 23.1 Å². The van der Waals surface area contributed by atoms with E-state index in [-0.39, 0.29) is 29.3 Å². The average molecular weight is 361 g/mol. The highest BCUT2D eigenvalue weighted by atomic mass is 19.4. The Morgan fingerprint density at radius 2 is 2.12 bits per heavy atom. The van der Waals surface area contributed by atoms with Crippen LogP contribution < -0.4 is 10.1 Å². The van der Waals surface area contributed by atoms with Crippen molar-refractivity contribution in [1.82, 2.24) is 20.3 Å². The normalized spacial score (nSPS) is 11.5. The van der Waals surface area contributed by atoms with Gasteiger partial charge in [0.2, 0.25) is 0 Å². The molecule has 3 rings (SSSR count). The van der Waals surface area contributed by atoms with Crippen LogP contribution in [0.3, 0.4) is 0 Å². The zero-order valence-corrected chi connectivity index (χ0v) is 13.7. The Balaban J connectivity index is 2.07. The Hall–Kier alpha value is -3.12. The fourth-order valence-electron chi connectivity index (χ4n) is 2.47. The van der Waals surface area contributed by atoms with E-state index in [0.717, 1.165) is 6.07 Å². The number of benzene rings is 1. The van der Waals surface area contributed by atoms with Crippen LogP contribution in [0.5, 0.6) is 5.75 Å². The molecule has 9 heteroatoms. The minimum atomic E-state index is -4.58. The quantitative estimate of drug-likeness (QED) is 0.682. The lowest BCUT2D eigenvalue weighted by atomic mass is 10.1. The summed E-state index contributed by atoms with van der Waals surface area (Å²) in [5.41, 5.74) is 0.517. The second kappa shape index (κ2) is 7.01. The summed E-state index contributed by atoms with van der Waals surface area (Å²) in [5.74, 6) is -0.250. The summed E-state index contributed by atoms with van der Waals surface area (Å²) in [6.45, 7) is 0.526. The Labute approximate surface area is 146 Å². The molecule has 2 N–H and O–H groups in total. The molecule has 2 aromatic heterocycles. The number of fused-ring (bicyclic) bond motifs is 1. The first kappa shape index (κ1) is 17.7. The number of rotatable bonds is 5. The van der Waals surface area contributed by atoms with E-state index < -0.39 is 11.7 Å².